The Hall–Kier alpha value is -1.84. The number of rotatable bonds is 2. The quantitative estimate of drug-likeness (QED) is 0.865. The zero-order valence-corrected chi connectivity index (χ0v) is 15.8. The van der Waals surface area contributed by atoms with Gasteiger partial charge in [-0.15, -0.1) is 0 Å². The van der Waals surface area contributed by atoms with E-state index in [1.54, 1.807) is 0 Å². The van der Waals surface area contributed by atoms with Crippen molar-refractivity contribution in [3.05, 3.63) is 35.4 Å². The smallest absolute Gasteiger partial charge is 0.251 e. The summed E-state index contributed by atoms with van der Waals surface area (Å²) in [7, 11) is 0. The van der Waals surface area contributed by atoms with Crippen LogP contribution in [-0.4, -0.2) is 23.9 Å². The van der Waals surface area contributed by atoms with Gasteiger partial charge in [0.1, 0.15) is 0 Å². The van der Waals surface area contributed by atoms with Crippen molar-refractivity contribution in [1.29, 1.82) is 0 Å². The number of amides is 2. The van der Waals surface area contributed by atoms with Gasteiger partial charge in [0, 0.05) is 24.1 Å². The van der Waals surface area contributed by atoms with E-state index < -0.39 is 0 Å². The van der Waals surface area contributed by atoms with E-state index in [0.29, 0.717) is 23.8 Å². The SMILES string of the molecule is CC1CC(=O)NC2CC(NC(=O)c3ccc(C(C)(C)C)cc3)CCC12. The predicted molar refractivity (Wildman–Crippen MR) is 99.4 cm³/mol. The maximum atomic E-state index is 12.6. The van der Waals surface area contributed by atoms with Crippen LogP contribution in [0.1, 0.15) is 69.3 Å². The summed E-state index contributed by atoms with van der Waals surface area (Å²) in [5.41, 5.74) is 2.02. The third-order valence-corrected chi connectivity index (χ3v) is 5.84. The number of hydrogen-bond donors (Lipinski definition) is 2. The lowest BCUT2D eigenvalue weighted by atomic mass is 9.72. The molecule has 4 heteroatoms. The van der Waals surface area contributed by atoms with Crippen LogP contribution in [0.5, 0.6) is 0 Å². The number of carbonyl (C=O) groups excluding carboxylic acids is 2. The molecule has 2 fully saturated rings. The molecule has 1 saturated heterocycles. The van der Waals surface area contributed by atoms with Gasteiger partial charge in [0.25, 0.3) is 5.91 Å². The van der Waals surface area contributed by atoms with Gasteiger partial charge in [-0.25, -0.2) is 0 Å². The molecule has 0 aromatic heterocycles. The fourth-order valence-electron chi connectivity index (χ4n) is 4.27. The number of nitrogens with one attached hydrogen (secondary N) is 2. The number of fused-ring (bicyclic) bond motifs is 1. The molecule has 0 radical (unpaired) electrons. The molecule has 2 N–H and O–H groups in total. The van der Waals surface area contributed by atoms with Gasteiger partial charge in [0.15, 0.2) is 0 Å². The van der Waals surface area contributed by atoms with Gasteiger partial charge < -0.3 is 10.6 Å². The number of hydrogen-bond acceptors (Lipinski definition) is 2. The highest BCUT2D eigenvalue weighted by Gasteiger charge is 2.39. The van der Waals surface area contributed by atoms with Crippen LogP contribution in [-0.2, 0) is 10.2 Å². The minimum absolute atomic E-state index is 0.0147. The van der Waals surface area contributed by atoms with Crippen LogP contribution in [0, 0.1) is 11.8 Å². The van der Waals surface area contributed by atoms with Crippen molar-refractivity contribution < 1.29 is 9.59 Å². The highest BCUT2D eigenvalue weighted by atomic mass is 16.2. The first-order chi connectivity index (χ1) is 11.7. The second-order valence-electron chi connectivity index (χ2n) is 8.83. The van der Waals surface area contributed by atoms with E-state index in [1.807, 2.05) is 24.3 Å². The molecule has 4 atom stereocenters. The molecule has 2 aliphatic rings. The lowest BCUT2D eigenvalue weighted by Gasteiger charge is -2.43. The van der Waals surface area contributed by atoms with Gasteiger partial charge in [-0.3, -0.25) is 9.59 Å². The molecule has 1 saturated carbocycles. The minimum atomic E-state index is -0.0147. The fraction of sp³-hybridized carbons (Fsp3) is 0.619. The zero-order valence-electron chi connectivity index (χ0n) is 15.8. The van der Waals surface area contributed by atoms with Crippen LogP contribution in [0.2, 0.25) is 0 Å². The van der Waals surface area contributed by atoms with Gasteiger partial charge in [-0.2, -0.15) is 0 Å². The Morgan fingerprint density at radius 1 is 1.16 bits per heavy atom. The topological polar surface area (TPSA) is 58.2 Å². The van der Waals surface area contributed by atoms with Crippen LogP contribution in [0.25, 0.3) is 0 Å². The van der Waals surface area contributed by atoms with Crippen LogP contribution in [0.3, 0.4) is 0 Å². The number of piperidine rings is 1. The van der Waals surface area contributed by atoms with E-state index in [2.05, 4.69) is 38.3 Å². The standard InChI is InChI=1S/C21H30N2O2/c1-13-11-19(24)23-18-12-16(9-10-17(13)18)22-20(25)14-5-7-15(8-6-14)21(2,3)4/h5-8,13,16-18H,9-12H2,1-4H3,(H,22,25)(H,23,24). The number of benzene rings is 1. The molecule has 1 aromatic carbocycles. The fourth-order valence-corrected chi connectivity index (χ4v) is 4.27. The lowest BCUT2D eigenvalue weighted by molar-refractivity contribution is -0.126. The summed E-state index contributed by atoms with van der Waals surface area (Å²) in [6.45, 7) is 8.67. The molecular formula is C21H30N2O2. The molecule has 1 heterocycles. The van der Waals surface area contributed by atoms with E-state index in [1.165, 1.54) is 5.56 Å². The van der Waals surface area contributed by atoms with Gasteiger partial charge in [0.2, 0.25) is 5.91 Å². The van der Waals surface area contributed by atoms with E-state index in [9.17, 15) is 9.59 Å². The summed E-state index contributed by atoms with van der Waals surface area (Å²) in [6.07, 6.45) is 3.54. The molecule has 3 rings (SSSR count). The van der Waals surface area contributed by atoms with E-state index in [4.69, 9.17) is 0 Å². The largest absolute Gasteiger partial charge is 0.353 e. The Kier molecular flexibility index (Phi) is 4.90. The highest BCUT2D eigenvalue weighted by Crippen LogP contribution is 2.35. The van der Waals surface area contributed by atoms with Gasteiger partial charge in [0.05, 0.1) is 0 Å². The molecule has 136 valence electrons. The summed E-state index contributed by atoms with van der Waals surface area (Å²) >= 11 is 0. The van der Waals surface area contributed by atoms with Crippen LogP contribution in [0.15, 0.2) is 24.3 Å². The Bertz CT molecular complexity index is 645. The van der Waals surface area contributed by atoms with Gasteiger partial charge in [-0.05, 0) is 54.2 Å². The molecule has 4 unspecified atom stereocenters. The summed E-state index contributed by atoms with van der Waals surface area (Å²) < 4.78 is 0. The van der Waals surface area contributed by atoms with Crippen molar-refractivity contribution >= 4 is 11.8 Å². The van der Waals surface area contributed by atoms with Crippen molar-refractivity contribution in [1.82, 2.24) is 10.6 Å². The Morgan fingerprint density at radius 2 is 1.84 bits per heavy atom. The van der Waals surface area contributed by atoms with Crippen LogP contribution < -0.4 is 10.6 Å². The number of carbonyl (C=O) groups is 2. The van der Waals surface area contributed by atoms with Gasteiger partial charge in [-0.1, -0.05) is 39.8 Å². The van der Waals surface area contributed by atoms with Crippen molar-refractivity contribution in [2.45, 2.75) is 70.9 Å². The van der Waals surface area contributed by atoms with Crippen molar-refractivity contribution in [3.63, 3.8) is 0 Å². The molecule has 1 aliphatic heterocycles. The maximum Gasteiger partial charge on any atom is 0.251 e. The Labute approximate surface area is 150 Å². The monoisotopic (exact) mass is 342 g/mol. The van der Waals surface area contributed by atoms with Crippen LogP contribution >= 0.6 is 0 Å². The first-order valence-corrected chi connectivity index (χ1v) is 9.45. The van der Waals surface area contributed by atoms with Crippen molar-refractivity contribution in [2.75, 3.05) is 0 Å². The minimum Gasteiger partial charge on any atom is -0.353 e. The van der Waals surface area contributed by atoms with Crippen LogP contribution in [0.4, 0.5) is 0 Å². The Morgan fingerprint density at radius 3 is 2.48 bits per heavy atom. The van der Waals surface area contributed by atoms with E-state index in [0.717, 1.165) is 19.3 Å². The average molecular weight is 342 g/mol. The van der Waals surface area contributed by atoms with Crippen molar-refractivity contribution in [2.24, 2.45) is 11.8 Å². The second kappa shape index (κ2) is 6.81. The first-order valence-electron chi connectivity index (χ1n) is 9.45. The maximum absolute atomic E-state index is 12.6. The van der Waals surface area contributed by atoms with Gasteiger partial charge >= 0.3 is 0 Å². The normalized spacial score (nSPS) is 29.5. The molecule has 1 aliphatic carbocycles. The molecule has 4 nitrogen and oxygen atoms in total. The molecule has 0 bridgehead atoms. The van der Waals surface area contributed by atoms with E-state index in [-0.39, 0.29) is 29.3 Å². The predicted octanol–water partition coefficient (Wildman–Crippen LogP) is 3.41. The molecule has 0 spiro atoms. The molecule has 2 amide bonds. The molecular weight excluding hydrogens is 312 g/mol. The summed E-state index contributed by atoms with van der Waals surface area (Å²) in [5, 5.41) is 6.29. The average Bonchev–Trinajstić information content (AvgIpc) is 2.53. The highest BCUT2D eigenvalue weighted by molar-refractivity contribution is 5.94. The Balaban J connectivity index is 1.61. The summed E-state index contributed by atoms with van der Waals surface area (Å²) in [6, 6.07) is 8.24. The molecule has 25 heavy (non-hydrogen) atoms. The molecule has 1 aromatic rings. The third kappa shape index (κ3) is 4.05. The summed E-state index contributed by atoms with van der Waals surface area (Å²) in [4.78, 5) is 24.4. The third-order valence-electron chi connectivity index (χ3n) is 5.84. The summed E-state index contributed by atoms with van der Waals surface area (Å²) in [5.74, 6) is 1.13. The lowest BCUT2D eigenvalue weighted by Crippen LogP contribution is -2.54. The zero-order chi connectivity index (χ0) is 18.2. The van der Waals surface area contributed by atoms with Crippen molar-refractivity contribution in [3.8, 4) is 0 Å². The first kappa shape index (κ1) is 18.0. The second-order valence-corrected chi connectivity index (χ2v) is 8.83. The van der Waals surface area contributed by atoms with E-state index >= 15 is 0 Å².